The summed E-state index contributed by atoms with van der Waals surface area (Å²) in [5.74, 6) is 1.75. The number of nitrogens with zero attached hydrogens (tertiary/aromatic N) is 2. The lowest BCUT2D eigenvalue weighted by Gasteiger charge is -2.34. The van der Waals surface area contributed by atoms with E-state index >= 15 is 0 Å². The van der Waals surface area contributed by atoms with E-state index < -0.39 is 0 Å². The number of carbonyl (C=O) groups is 2. The second kappa shape index (κ2) is 10.3. The summed E-state index contributed by atoms with van der Waals surface area (Å²) in [7, 11) is 0. The Balaban J connectivity index is 1.18. The van der Waals surface area contributed by atoms with Crippen LogP contribution >= 0.6 is 0 Å². The molecule has 0 radical (unpaired) electrons. The van der Waals surface area contributed by atoms with E-state index in [1.165, 1.54) is 37.7 Å². The van der Waals surface area contributed by atoms with Crippen LogP contribution in [0, 0.1) is 11.8 Å². The first-order valence-electron chi connectivity index (χ1n) is 11.7. The smallest absolute Gasteiger partial charge is 0.324 e. The molecule has 0 atom stereocenters. The van der Waals surface area contributed by atoms with Gasteiger partial charge in [-0.25, -0.2) is 4.79 Å². The number of benzene rings is 1. The average molecular weight is 414 g/mol. The number of nitrogens with one attached hydrogen (secondary N) is 1. The van der Waals surface area contributed by atoms with Crippen LogP contribution in [0.5, 0.6) is 5.75 Å². The summed E-state index contributed by atoms with van der Waals surface area (Å²) < 4.78 is 6.04. The molecule has 30 heavy (non-hydrogen) atoms. The minimum atomic E-state index is -0.236. The zero-order chi connectivity index (χ0) is 20.8. The maximum atomic E-state index is 12.2. The first-order valence-corrected chi connectivity index (χ1v) is 11.7. The zero-order valence-electron chi connectivity index (χ0n) is 18.0. The third-order valence-electron chi connectivity index (χ3n) is 6.66. The van der Waals surface area contributed by atoms with Crippen molar-refractivity contribution >= 4 is 11.9 Å². The molecule has 0 bridgehead atoms. The Morgan fingerprint density at radius 3 is 2.50 bits per heavy atom. The molecule has 2 saturated carbocycles. The molecule has 1 aliphatic heterocycles. The van der Waals surface area contributed by atoms with Crippen molar-refractivity contribution in [2.24, 2.45) is 11.8 Å². The molecule has 1 aromatic rings. The Morgan fingerprint density at radius 2 is 1.77 bits per heavy atom. The lowest BCUT2D eigenvalue weighted by Crippen LogP contribution is -2.52. The number of piperazine rings is 1. The molecule has 0 spiro atoms. The maximum Gasteiger partial charge on any atom is 0.324 e. The molecule has 1 heterocycles. The molecule has 3 fully saturated rings. The molecule has 6 heteroatoms. The van der Waals surface area contributed by atoms with E-state index in [2.05, 4.69) is 28.4 Å². The molecule has 6 nitrogen and oxygen atoms in total. The SMILES string of the molecule is O=C(NC(=O)N1CCN(Cc2cccc(OCCC3CCCCC3)c2)CC1)C1CC1. The third kappa shape index (κ3) is 6.21. The van der Waals surface area contributed by atoms with Crippen molar-refractivity contribution in [3.63, 3.8) is 0 Å². The highest BCUT2D eigenvalue weighted by Gasteiger charge is 2.32. The molecule has 3 amide bonds. The molecule has 4 rings (SSSR count). The van der Waals surface area contributed by atoms with Gasteiger partial charge in [-0.2, -0.15) is 0 Å². The fraction of sp³-hybridized carbons (Fsp3) is 0.667. The molecule has 0 aromatic heterocycles. The van der Waals surface area contributed by atoms with Crippen molar-refractivity contribution in [2.45, 2.75) is 57.9 Å². The van der Waals surface area contributed by atoms with Crippen molar-refractivity contribution in [1.82, 2.24) is 15.1 Å². The van der Waals surface area contributed by atoms with Gasteiger partial charge in [0.2, 0.25) is 5.91 Å². The number of ether oxygens (including phenoxy) is 1. The van der Waals surface area contributed by atoms with Crippen molar-refractivity contribution in [2.75, 3.05) is 32.8 Å². The Kier molecular flexibility index (Phi) is 7.26. The van der Waals surface area contributed by atoms with Gasteiger partial charge in [-0.3, -0.25) is 15.0 Å². The number of hydrogen-bond acceptors (Lipinski definition) is 4. The van der Waals surface area contributed by atoms with Gasteiger partial charge in [-0.1, -0.05) is 44.2 Å². The quantitative estimate of drug-likeness (QED) is 0.739. The second-order valence-corrected chi connectivity index (χ2v) is 9.12. The first kappa shape index (κ1) is 21.2. The van der Waals surface area contributed by atoms with Crippen LogP contribution in [0.1, 0.15) is 56.9 Å². The topological polar surface area (TPSA) is 61.9 Å². The summed E-state index contributed by atoms with van der Waals surface area (Å²) >= 11 is 0. The minimum absolute atomic E-state index is 0.0624. The van der Waals surface area contributed by atoms with E-state index in [1.807, 2.05) is 6.07 Å². The maximum absolute atomic E-state index is 12.2. The summed E-state index contributed by atoms with van der Waals surface area (Å²) in [5, 5.41) is 2.54. The van der Waals surface area contributed by atoms with Gasteiger partial charge in [0, 0.05) is 38.6 Å². The van der Waals surface area contributed by atoms with Crippen LogP contribution in [0.25, 0.3) is 0 Å². The predicted molar refractivity (Wildman–Crippen MR) is 116 cm³/mol. The van der Waals surface area contributed by atoms with Crippen molar-refractivity contribution in [3.8, 4) is 5.75 Å². The summed E-state index contributed by atoms with van der Waals surface area (Å²) in [6, 6.07) is 8.16. The van der Waals surface area contributed by atoms with Crippen LogP contribution in [0.3, 0.4) is 0 Å². The van der Waals surface area contributed by atoms with Crippen molar-refractivity contribution in [3.05, 3.63) is 29.8 Å². The van der Waals surface area contributed by atoms with Gasteiger partial charge in [-0.15, -0.1) is 0 Å². The number of carbonyl (C=O) groups excluding carboxylic acids is 2. The lowest BCUT2D eigenvalue weighted by molar-refractivity contribution is -0.121. The highest BCUT2D eigenvalue weighted by Crippen LogP contribution is 2.29. The van der Waals surface area contributed by atoms with Crippen molar-refractivity contribution < 1.29 is 14.3 Å². The van der Waals surface area contributed by atoms with E-state index in [-0.39, 0.29) is 17.9 Å². The van der Waals surface area contributed by atoms with E-state index in [1.54, 1.807) is 4.90 Å². The van der Waals surface area contributed by atoms with E-state index in [0.29, 0.717) is 13.1 Å². The van der Waals surface area contributed by atoms with E-state index in [9.17, 15) is 9.59 Å². The Hall–Kier alpha value is -2.08. The second-order valence-electron chi connectivity index (χ2n) is 9.12. The summed E-state index contributed by atoms with van der Waals surface area (Å²) in [6.07, 6.45) is 9.88. The molecular formula is C24H35N3O3. The van der Waals surface area contributed by atoms with Gasteiger partial charge >= 0.3 is 6.03 Å². The number of rotatable bonds is 7. The van der Waals surface area contributed by atoms with E-state index in [4.69, 9.17) is 4.74 Å². The van der Waals surface area contributed by atoms with Gasteiger partial charge in [0.15, 0.2) is 0 Å². The normalized spacial score (nSPS) is 20.7. The van der Waals surface area contributed by atoms with Gasteiger partial charge in [0.25, 0.3) is 0 Å². The first-order chi connectivity index (χ1) is 14.7. The molecule has 1 aromatic carbocycles. The molecule has 2 aliphatic carbocycles. The fourth-order valence-corrected chi connectivity index (χ4v) is 4.55. The van der Waals surface area contributed by atoms with Crippen LogP contribution < -0.4 is 10.1 Å². The minimum Gasteiger partial charge on any atom is -0.494 e. The van der Waals surface area contributed by atoms with Crippen LogP contribution in [-0.4, -0.2) is 54.5 Å². The third-order valence-corrected chi connectivity index (χ3v) is 6.66. The molecule has 1 saturated heterocycles. The van der Waals surface area contributed by atoms with Gasteiger partial charge in [-0.05, 0) is 42.9 Å². The van der Waals surface area contributed by atoms with Gasteiger partial charge in [0.1, 0.15) is 5.75 Å². The lowest BCUT2D eigenvalue weighted by atomic mass is 9.87. The standard InChI is InChI=1S/C24H35N3O3/c28-23(21-9-10-21)25-24(29)27-14-12-26(13-15-27)18-20-7-4-8-22(17-20)30-16-11-19-5-2-1-3-6-19/h4,7-8,17,19,21H,1-3,5-6,9-16,18H2,(H,25,28,29). The number of urea groups is 1. The van der Waals surface area contributed by atoms with Crippen LogP contribution in [0.15, 0.2) is 24.3 Å². The molecule has 0 unspecified atom stereocenters. The summed E-state index contributed by atoms with van der Waals surface area (Å²) in [4.78, 5) is 28.1. The van der Waals surface area contributed by atoms with E-state index in [0.717, 1.165) is 57.2 Å². The van der Waals surface area contributed by atoms with Gasteiger partial charge in [0.05, 0.1) is 6.61 Å². The summed E-state index contributed by atoms with van der Waals surface area (Å²) in [5.41, 5.74) is 1.24. The van der Waals surface area contributed by atoms with Gasteiger partial charge < -0.3 is 9.64 Å². The monoisotopic (exact) mass is 413 g/mol. The van der Waals surface area contributed by atoms with Crippen LogP contribution in [0.4, 0.5) is 4.79 Å². The average Bonchev–Trinajstić information content (AvgIpc) is 3.61. The molecule has 3 aliphatic rings. The summed E-state index contributed by atoms with van der Waals surface area (Å²) in [6.45, 7) is 4.61. The zero-order valence-corrected chi connectivity index (χ0v) is 18.0. The largest absolute Gasteiger partial charge is 0.494 e. The Morgan fingerprint density at radius 1 is 1.00 bits per heavy atom. The van der Waals surface area contributed by atoms with Crippen LogP contribution in [-0.2, 0) is 11.3 Å². The van der Waals surface area contributed by atoms with Crippen LogP contribution in [0.2, 0.25) is 0 Å². The Labute approximate surface area is 179 Å². The number of imide groups is 1. The molecule has 1 N–H and O–H groups in total. The molecule has 164 valence electrons. The van der Waals surface area contributed by atoms with Crippen molar-refractivity contribution in [1.29, 1.82) is 0 Å². The Bertz CT molecular complexity index is 720. The number of hydrogen-bond donors (Lipinski definition) is 1. The highest BCUT2D eigenvalue weighted by molar-refractivity contribution is 5.96. The predicted octanol–water partition coefficient (Wildman–Crippen LogP) is 3.80. The number of amides is 3. The fourth-order valence-electron chi connectivity index (χ4n) is 4.55. The molecular weight excluding hydrogens is 378 g/mol. The highest BCUT2D eigenvalue weighted by atomic mass is 16.5.